The van der Waals surface area contributed by atoms with Gasteiger partial charge in [0.2, 0.25) is 0 Å². The zero-order valence-electron chi connectivity index (χ0n) is 8.71. The predicted octanol–water partition coefficient (Wildman–Crippen LogP) is 4.29. The molecule has 0 aliphatic heterocycles. The molecule has 1 N–H and O–H groups in total. The summed E-state index contributed by atoms with van der Waals surface area (Å²) in [6.07, 6.45) is 0. The molecule has 0 bridgehead atoms. The molecule has 3 aromatic rings. The van der Waals surface area contributed by atoms with Crippen LogP contribution in [0.5, 0.6) is 5.75 Å². The largest absolute Gasteiger partial charge is 0.508 e. The van der Waals surface area contributed by atoms with Crippen molar-refractivity contribution in [1.29, 1.82) is 0 Å². The lowest BCUT2D eigenvalue weighted by atomic mass is 10.3. The number of aromatic hydroxyl groups is 1. The van der Waals surface area contributed by atoms with Crippen LogP contribution in [-0.2, 0) is 0 Å². The van der Waals surface area contributed by atoms with Crippen LogP contribution >= 0.6 is 11.3 Å². The van der Waals surface area contributed by atoms with Crippen LogP contribution in [0.15, 0.2) is 66.0 Å². The SMILES string of the molecule is Oc1ccccc1.c1ccc2sccc2c1. The fourth-order valence-corrected chi connectivity index (χ4v) is 2.12. The Bertz CT molecular complexity index is 512. The lowest BCUT2D eigenvalue weighted by Crippen LogP contribution is -1.56. The van der Waals surface area contributed by atoms with Gasteiger partial charge in [0.15, 0.2) is 0 Å². The molecule has 0 spiro atoms. The third-order valence-corrected chi connectivity index (χ3v) is 3.02. The molecule has 16 heavy (non-hydrogen) atoms. The molecule has 2 heteroatoms. The van der Waals surface area contributed by atoms with Crippen molar-refractivity contribution in [1.82, 2.24) is 0 Å². The van der Waals surface area contributed by atoms with Crippen LogP contribution in [0.4, 0.5) is 0 Å². The Hall–Kier alpha value is -1.80. The van der Waals surface area contributed by atoms with Crippen LogP contribution < -0.4 is 0 Å². The van der Waals surface area contributed by atoms with E-state index in [2.05, 4.69) is 35.7 Å². The second kappa shape index (κ2) is 5.33. The van der Waals surface area contributed by atoms with Crippen molar-refractivity contribution in [3.8, 4) is 5.75 Å². The minimum atomic E-state index is 0.322. The summed E-state index contributed by atoms with van der Waals surface area (Å²) in [4.78, 5) is 0. The molecule has 0 saturated heterocycles. The maximum atomic E-state index is 8.63. The number of benzene rings is 2. The summed E-state index contributed by atoms with van der Waals surface area (Å²) >= 11 is 1.79. The van der Waals surface area contributed by atoms with Gasteiger partial charge < -0.3 is 5.11 Å². The molecule has 1 nitrogen and oxygen atoms in total. The van der Waals surface area contributed by atoms with Crippen LogP contribution in [0.2, 0.25) is 0 Å². The fourth-order valence-electron chi connectivity index (χ4n) is 1.33. The molecule has 1 aromatic heterocycles. The Labute approximate surface area is 98.6 Å². The van der Waals surface area contributed by atoms with Gasteiger partial charge in [0, 0.05) is 4.70 Å². The third-order valence-electron chi connectivity index (χ3n) is 2.12. The Balaban J connectivity index is 0.000000125. The van der Waals surface area contributed by atoms with E-state index in [-0.39, 0.29) is 0 Å². The van der Waals surface area contributed by atoms with Gasteiger partial charge in [0.25, 0.3) is 0 Å². The maximum absolute atomic E-state index is 8.63. The monoisotopic (exact) mass is 228 g/mol. The Morgan fingerprint density at radius 2 is 1.44 bits per heavy atom. The molecule has 3 rings (SSSR count). The van der Waals surface area contributed by atoms with E-state index < -0.39 is 0 Å². The number of fused-ring (bicyclic) bond motifs is 1. The third kappa shape index (κ3) is 2.84. The van der Waals surface area contributed by atoms with Crippen molar-refractivity contribution >= 4 is 21.4 Å². The van der Waals surface area contributed by atoms with E-state index in [0.717, 1.165) is 0 Å². The minimum Gasteiger partial charge on any atom is -0.508 e. The number of rotatable bonds is 0. The average molecular weight is 228 g/mol. The first-order valence-corrected chi connectivity index (χ1v) is 5.90. The second-order valence-corrected chi connectivity index (χ2v) is 4.24. The van der Waals surface area contributed by atoms with Gasteiger partial charge in [-0.3, -0.25) is 0 Å². The number of phenolic OH excluding ortho intramolecular Hbond substituents is 1. The zero-order valence-corrected chi connectivity index (χ0v) is 9.52. The van der Waals surface area contributed by atoms with Gasteiger partial charge in [0.1, 0.15) is 5.75 Å². The summed E-state index contributed by atoms with van der Waals surface area (Å²) in [5, 5.41) is 12.1. The van der Waals surface area contributed by atoms with Gasteiger partial charge in [-0.1, -0.05) is 36.4 Å². The molecule has 0 amide bonds. The zero-order chi connectivity index (χ0) is 11.2. The van der Waals surface area contributed by atoms with Crippen molar-refractivity contribution < 1.29 is 5.11 Å². The topological polar surface area (TPSA) is 20.2 Å². The van der Waals surface area contributed by atoms with Gasteiger partial charge in [-0.15, -0.1) is 11.3 Å². The molecule has 0 atom stereocenters. The van der Waals surface area contributed by atoms with Crippen LogP contribution in [0.25, 0.3) is 10.1 Å². The van der Waals surface area contributed by atoms with E-state index in [4.69, 9.17) is 5.11 Å². The highest BCUT2D eigenvalue weighted by atomic mass is 32.1. The lowest BCUT2D eigenvalue weighted by Gasteiger charge is -1.82. The highest BCUT2D eigenvalue weighted by Gasteiger charge is 1.87. The molecule has 0 unspecified atom stereocenters. The molecule has 2 aromatic carbocycles. The summed E-state index contributed by atoms with van der Waals surface area (Å²) in [5.41, 5.74) is 0. The molecule has 0 saturated carbocycles. The number of thiophene rings is 1. The lowest BCUT2D eigenvalue weighted by molar-refractivity contribution is 0.475. The van der Waals surface area contributed by atoms with Crippen LogP contribution in [0.1, 0.15) is 0 Å². The van der Waals surface area contributed by atoms with Gasteiger partial charge in [-0.05, 0) is 35.0 Å². The van der Waals surface area contributed by atoms with Gasteiger partial charge in [-0.25, -0.2) is 0 Å². The molecule has 0 fully saturated rings. The van der Waals surface area contributed by atoms with Crippen LogP contribution in [0, 0.1) is 0 Å². The van der Waals surface area contributed by atoms with Crippen molar-refractivity contribution in [3.63, 3.8) is 0 Å². The Morgan fingerprint density at radius 3 is 2.06 bits per heavy atom. The predicted molar refractivity (Wildman–Crippen MR) is 69.9 cm³/mol. The number of hydrogen-bond acceptors (Lipinski definition) is 2. The van der Waals surface area contributed by atoms with Crippen LogP contribution in [-0.4, -0.2) is 5.11 Å². The molecule has 0 aliphatic carbocycles. The highest BCUT2D eigenvalue weighted by Crippen LogP contribution is 2.18. The van der Waals surface area contributed by atoms with Crippen molar-refractivity contribution in [3.05, 3.63) is 66.0 Å². The van der Waals surface area contributed by atoms with E-state index in [1.54, 1.807) is 35.6 Å². The number of para-hydroxylation sites is 1. The standard InChI is InChI=1S/C8H6S.C6H6O/c1-2-4-8-7(3-1)5-6-9-8;7-6-4-2-1-3-5-6/h1-6H;1-5,7H. The van der Waals surface area contributed by atoms with Crippen molar-refractivity contribution in [2.24, 2.45) is 0 Å². The van der Waals surface area contributed by atoms with E-state index in [1.807, 2.05) is 6.07 Å². The van der Waals surface area contributed by atoms with E-state index in [0.29, 0.717) is 5.75 Å². The van der Waals surface area contributed by atoms with E-state index in [1.165, 1.54) is 10.1 Å². The summed E-state index contributed by atoms with van der Waals surface area (Å²) < 4.78 is 1.37. The Morgan fingerprint density at radius 1 is 0.750 bits per heavy atom. The smallest absolute Gasteiger partial charge is 0.115 e. The first-order chi connectivity index (χ1) is 7.86. The van der Waals surface area contributed by atoms with Crippen molar-refractivity contribution in [2.75, 3.05) is 0 Å². The number of phenols is 1. The van der Waals surface area contributed by atoms with E-state index in [9.17, 15) is 0 Å². The number of hydrogen-bond donors (Lipinski definition) is 1. The molecule has 0 radical (unpaired) electrons. The van der Waals surface area contributed by atoms with Crippen LogP contribution in [0.3, 0.4) is 0 Å². The van der Waals surface area contributed by atoms with Crippen molar-refractivity contribution in [2.45, 2.75) is 0 Å². The average Bonchev–Trinajstić information content (AvgIpc) is 2.79. The fraction of sp³-hybridized carbons (Fsp3) is 0. The highest BCUT2D eigenvalue weighted by molar-refractivity contribution is 7.17. The molecule has 80 valence electrons. The molecular weight excluding hydrogens is 216 g/mol. The normalized spacial score (nSPS) is 9.50. The molecular formula is C14H12OS. The summed E-state index contributed by atoms with van der Waals surface area (Å²) in [6, 6.07) is 19.3. The Kier molecular flexibility index (Phi) is 3.57. The molecule has 1 heterocycles. The first-order valence-electron chi connectivity index (χ1n) is 5.02. The second-order valence-electron chi connectivity index (χ2n) is 3.29. The quantitative estimate of drug-likeness (QED) is 0.608. The van der Waals surface area contributed by atoms with Gasteiger partial charge in [-0.2, -0.15) is 0 Å². The van der Waals surface area contributed by atoms with Gasteiger partial charge in [0.05, 0.1) is 0 Å². The summed E-state index contributed by atoms with van der Waals surface area (Å²) in [5.74, 6) is 0.322. The summed E-state index contributed by atoms with van der Waals surface area (Å²) in [6.45, 7) is 0. The minimum absolute atomic E-state index is 0.322. The van der Waals surface area contributed by atoms with E-state index >= 15 is 0 Å². The van der Waals surface area contributed by atoms with Gasteiger partial charge >= 0.3 is 0 Å². The maximum Gasteiger partial charge on any atom is 0.115 e. The molecule has 0 aliphatic rings. The first kappa shape index (κ1) is 10.7. The summed E-state index contributed by atoms with van der Waals surface area (Å²) in [7, 11) is 0.